The minimum absolute atomic E-state index is 0.127. The maximum absolute atomic E-state index is 11.0. The molecule has 2 N–H and O–H groups in total. The first-order valence-electron chi connectivity index (χ1n) is 3.64. The summed E-state index contributed by atoms with van der Waals surface area (Å²) >= 11 is 0. The summed E-state index contributed by atoms with van der Waals surface area (Å²) < 4.78 is 14.2. The molecule has 0 heterocycles. The molecule has 0 aliphatic carbocycles. The molecule has 0 spiro atoms. The first kappa shape index (κ1) is 11.4. The van der Waals surface area contributed by atoms with Gasteiger partial charge in [-0.25, -0.2) is 4.79 Å². The van der Waals surface area contributed by atoms with Crippen LogP contribution in [0.2, 0.25) is 0 Å². The largest absolute Gasteiger partial charge is 0.461 e. The lowest BCUT2D eigenvalue weighted by molar-refractivity contribution is -0.155. The second-order valence-electron chi connectivity index (χ2n) is 2.12. The van der Waals surface area contributed by atoms with Crippen molar-refractivity contribution < 1.29 is 19.0 Å². The molecule has 5 heteroatoms. The lowest BCUT2D eigenvalue weighted by atomic mass is 10.4. The predicted molar refractivity (Wildman–Crippen MR) is 42.7 cm³/mol. The Bertz CT molecular complexity index is 125. The van der Waals surface area contributed by atoms with Gasteiger partial charge in [0.1, 0.15) is 6.61 Å². The van der Waals surface area contributed by atoms with Gasteiger partial charge in [0.05, 0.1) is 6.61 Å². The quantitative estimate of drug-likeness (QED) is 0.422. The number of carbonyl (C=O) groups is 1. The smallest absolute Gasteiger partial charge is 0.336 e. The van der Waals surface area contributed by atoms with Gasteiger partial charge in [-0.15, -0.1) is 0 Å². The molecule has 0 bridgehead atoms. The van der Waals surface area contributed by atoms with Gasteiger partial charge < -0.3 is 19.9 Å². The Morgan fingerprint density at radius 2 is 2.08 bits per heavy atom. The molecule has 72 valence electrons. The maximum Gasteiger partial charge on any atom is 0.336 e. The molecular formula is C7H15NO4. The van der Waals surface area contributed by atoms with Gasteiger partial charge in [-0.05, 0) is 0 Å². The minimum Gasteiger partial charge on any atom is -0.461 e. The van der Waals surface area contributed by atoms with Crippen LogP contribution >= 0.6 is 0 Å². The van der Waals surface area contributed by atoms with E-state index >= 15 is 0 Å². The molecule has 1 unspecified atom stereocenters. The van der Waals surface area contributed by atoms with E-state index in [1.807, 2.05) is 0 Å². The molecule has 0 saturated heterocycles. The number of methoxy groups -OCH3 is 2. The third kappa shape index (κ3) is 4.27. The summed E-state index contributed by atoms with van der Waals surface area (Å²) in [5, 5.41) is 0. The molecule has 0 fully saturated rings. The Hall–Kier alpha value is -0.650. The standard InChI is InChI=1S/C7H15NO4/c1-10-3-4-12-7(9)6(5-8)11-2/h6H,3-5,8H2,1-2H3. The summed E-state index contributed by atoms with van der Waals surface area (Å²) in [4.78, 5) is 11.0. The van der Waals surface area contributed by atoms with Crippen molar-refractivity contribution in [3.05, 3.63) is 0 Å². The van der Waals surface area contributed by atoms with Crippen LogP contribution in [-0.2, 0) is 19.0 Å². The van der Waals surface area contributed by atoms with Crippen LogP contribution < -0.4 is 5.73 Å². The Morgan fingerprint density at radius 3 is 2.50 bits per heavy atom. The summed E-state index contributed by atoms with van der Waals surface area (Å²) in [7, 11) is 2.94. The van der Waals surface area contributed by atoms with Crippen molar-refractivity contribution in [2.24, 2.45) is 5.73 Å². The molecule has 0 rings (SSSR count). The van der Waals surface area contributed by atoms with E-state index in [0.29, 0.717) is 6.61 Å². The number of carbonyl (C=O) groups excluding carboxylic acids is 1. The zero-order chi connectivity index (χ0) is 9.40. The predicted octanol–water partition coefficient (Wildman–Crippen LogP) is -0.850. The summed E-state index contributed by atoms with van der Waals surface area (Å²) in [6, 6.07) is 0. The highest BCUT2D eigenvalue weighted by atomic mass is 16.6. The zero-order valence-electron chi connectivity index (χ0n) is 7.41. The minimum atomic E-state index is -0.665. The van der Waals surface area contributed by atoms with Crippen LogP contribution in [0, 0.1) is 0 Å². The average Bonchev–Trinajstić information content (AvgIpc) is 2.07. The molecule has 1 atom stereocenters. The van der Waals surface area contributed by atoms with E-state index in [2.05, 4.69) is 4.74 Å². The normalized spacial score (nSPS) is 12.6. The number of hydrogen-bond acceptors (Lipinski definition) is 5. The lowest BCUT2D eigenvalue weighted by Gasteiger charge is -2.11. The van der Waals surface area contributed by atoms with E-state index in [-0.39, 0.29) is 13.2 Å². The van der Waals surface area contributed by atoms with Crippen molar-refractivity contribution in [3.8, 4) is 0 Å². The molecule has 0 aromatic rings. The van der Waals surface area contributed by atoms with Crippen LogP contribution in [0.4, 0.5) is 0 Å². The van der Waals surface area contributed by atoms with Gasteiger partial charge in [-0.2, -0.15) is 0 Å². The van der Waals surface area contributed by atoms with Crippen LogP contribution in [-0.4, -0.2) is 46.1 Å². The Kier molecular flexibility index (Phi) is 6.64. The highest BCUT2D eigenvalue weighted by Gasteiger charge is 2.16. The van der Waals surface area contributed by atoms with Crippen molar-refractivity contribution in [1.29, 1.82) is 0 Å². The molecule has 0 radical (unpaired) electrons. The van der Waals surface area contributed by atoms with Gasteiger partial charge in [-0.3, -0.25) is 0 Å². The monoisotopic (exact) mass is 177 g/mol. The molecule has 0 aliphatic heterocycles. The maximum atomic E-state index is 11.0. The number of rotatable bonds is 6. The zero-order valence-corrected chi connectivity index (χ0v) is 7.41. The van der Waals surface area contributed by atoms with Crippen LogP contribution in [0.1, 0.15) is 0 Å². The fraction of sp³-hybridized carbons (Fsp3) is 0.857. The Morgan fingerprint density at radius 1 is 1.42 bits per heavy atom. The topological polar surface area (TPSA) is 70.8 Å². The number of ether oxygens (including phenoxy) is 3. The van der Waals surface area contributed by atoms with Gasteiger partial charge >= 0.3 is 5.97 Å². The summed E-state index contributed by atoms with van der Waals surface area (Å²) in [5.41, 5.74) is 5.23. The van der Waals surface area contributed by atoms with Gasteiger partial charge in [0.2, 0.25) is 0 Å². The fourth-order valence-electron chi connectivity index (χ4n) is 0.607. The molecule has 0 aromatic heterocycles. The van der Waals surface area contributed by atoms with Gasteiger partial charge in [0.15, 0.2) is 6.10 Å². The first-order chi connectivity index (χ1) is 5.76. The van der Waals surface area contributed by atoms with E-state index < -0.39 is 12.1 Å². The highest BCUT2D eigenvalue weighted by molar-refractivity contribution is 5.74. The van der Waals surface area contributed by atoms with Crippen LogP contribution in [0.15, 0.2) is 0 Å². The van der Waals surface area contributed by atoms with E-state index in [1.165, 1.54) is 14.2 Å². The summed E-state index contributed by atoms with van der Waals surface area (Å²) in [6.07, 6.45) is -0.665. The van der Waals surface area contributed by atoms with Crippen molar-refractivity contribution in [1.82, 2.24) is 0 Å². The summed E-state index contributed by atoms with van der Waals surface area (Å²) in [5.74, 6) is -0.447. The van der Waals surface area contributed by atoms with E-state index in [0.717, 1.165) is 0 Å². The lowest BCUT2D eigenvalue weighted by Crippen LogP contribution is -2.33. The SMILES string of the molecule is COCCOC(=O)C(CN)OC. The molecule has 5 nitrogen and oxygen atoms in total. The molecule has 12 heavy (non-hydrogen) atoms. The first-order valence-corrected chi connectivity index (χ1v) is 3.64. The molecule has 0 saturated carbocycles. The van der Waals surface area contributed by atoms with Crippen molar-refractivity contribution >= 4 is 5.97 Å². The molecule has 0 amide bonds. The second kappa shape index (κ2) is 7.02. The van der Waals surface area contributed by atoms with Gasteiger partial charge in [0.25, 0.3) is 0 Å². The van der Waals surface area contributed by atoms with Crippen molar-refractivity contribution in [2.75, 3.05) is 34.0 Å². The van der Waals surface area contributed by atoms with Gasteiger partial charge in [0, 0.05) is 20.8 Å². The number of nitrogens with two attached hydrogens (primary N) is 1. The second-order valence-corrected chi connectivity index (χ2v) is 2.12. The van der Waals surface area contributed by atoms with Crippen LogP contribution in [0.3, 0.4) is 0 Å². The van der Waals surface area contributed by atoms with Crippen LogP contribution in [0.5, 0.6) is 0 Å². The Balaban J connectivity index is 3.54. The van der Waals surface area contributed by atoms with E-state index in [9.17, 15) is 4.79 Å². The van der Waals surface area contributed by atoms with Crippen molar-refractivity contribution in [2.45, 2.75) is 6.10 Å². The molecular weight excluding hydrogens is 162 g/mol. The number of hydrogen-bond donors (Lipinski definition) is 1. The number of esters is 1. The third-order valence-electron chi connectivity index (χ3n) is 1.29. The van der Waals surface area contributed by atoms with Crippen LogP contribution in [0.25, 0.3) is 0 Å². The Labute approximate surface area is 71.8 Å². The van der Waals surface area contributed by atoms with E-state index in [4.69, 9.17) is 15.2 Å². The summed E-state index contributed by atoms with van der Waals surface area (Å²) in [6.45, 7) is 0.740. The van der Waals surface area contributed by atoms with Crippen molar-refractivity contribution in [3.63, 3.8) is 0 Å². The fourth-order valence-corrected chi connectivity index (χ4v) is 0.607. The molecule has 0 aromatic carbocycles. The molecule has 0 aliphatic rings. The third-order valence-corrected chi connectivity index (χ3v) is 1.29. The van der Waals surface area contributed by atoms with Gasteiger partial charge in [-0.1, -0.05) is 0 Å². The highest BCUT2D eigenvalue weighted by Crippen LogP contribution is 1.91. The average molecular weight is 177 g/mol. The van der Waals surface area contributed by atoms with E-state index in [1.54, 1.807) is 0 Å².